The lowest BCUT2D eigenvalue weighted by Crippen LogP contribution is -2.21. The highest BCUT2D eigenvalue weighted by Gasteiger charge is 2.10. The predicted molar refractivity (Wildman–Crippen MR) is 141 cm³/mol. The van der Waals surface area contributed by atoms with E-state index in [0.717, 1.165) is 11.3 Å². The molecule has 0 unspecified atom stereocenters. The Morgan fingerprint density at radius 2 is 1.30 bits per heavy atom. The van der Waals surface area contributed by atoms with Crippen LogP contribution >= 0.6 is 0 Å². The van der Waals surface area contributed by atoms with Crippen molar-refractivity contribution in [1.82, 2.24) is 0 Å². The fraction of sp³-hybridized carbons (Fsp3) is 0.241. The maximum absolute atomic E-state index is 12.2. The second-order valence-electron chi connectivity index (χ2n) is 8.62. The van der Waals surface area contributed by atoms with Crippen molar-refractivity contribution in [3.8, 4) is 11.5 Å². The summed E-state index contributed by atoms with van der Waals surface area (Å²) in [5.41, 5.74) is 3.98. The number of ether oxygens (including phenoxy) is 2. The normalized spacial score (nSPS) is 10.4. The molecule has 8 heteroatoms. The van der Waals surface area contributed by atoms with E-state index in [2.05, 4.69) is 10.6 Å². The molecule has 0 bridgehead atoms. The highest BCUT2D eigenvalue weighted by atomic mass is 16.5. The number of Topliss-reactive ketones (excluding diaryl/α,β-unsaturated/α-hetero) is 1. The molecule has 3 aromatic rings. The Bertz CT molecular complexity index is 1270. The summed E-state index contributed by atoms with van der Waals surface area (Å²) < 4.78 is 10.8. The standard InChI is InChI=1S/C29H30N2O6/c1-19-7-14-26(17-20(19)2)37-25-15-12-24(13-16-25)30-27(33)5-4-6-29(35)36-18-28(34)31-23-10-8-22(9-11-23)21(3)32/h7-17H,4-6,18H2,1-3H3,(H,30,33)(H,31,34). The van der Waals surface area contributed by atoms with Gasteiger partial charge in [0.05, 0.1) is 0 Å². The third-order valence-corrected chi connectivity index (χ3v) is 5.58. The zero-order valence-corrected chi connectivity index (χ0v) is 21.1. The molecule has 0 aliphatic carbocycles. The maximum Gasteiger partial charge on any atom is 0.306 e. The van der Waals surface area contributed by atoms with Crippen LogP contribution in [-0.4, -0.2) is 30.2 Å². The number of esters is 1. The van der Waals surface area contributed by atoms with E-state index >= 15 is 0 Å². The highest BCUT2D eigenvalue weighted by Crippen LogP contribution is 2.25. The lowest BCUT2D eigenvalue weighted by atomic mass is 10.1. The molecule has 37 heavy (non-hydrogen) atoms. The molecular weight excluding hydrogens is 472 g/mol. The Kier molecular flexibility index (Phi) is 9.55. The average molecular weight is 503 g/mol. The number of hydrogen-bond donors (Lipinski definition) is 2. The van der Waals surface area contributed by atoms with Crippen molar-refractivity contribution in [2.45, 2.75) is 40.0 Å². The van der Waals surface area contributed by atoms with Crippen molar-refractivity contribution in [2.75, 3.05) is 17.2 Å². The topological polar surface area (TPSA) is 111 Å². The monoisotopic (exact) mass is 502 g/mol. The van der Waals surface area contributed by atoms with Crippen molar-refractivity contribution in [2.24, 2.45) is 0 Å². The van der Waals surface area contributed by atoms with Gasteiger partial charge in [0, 0.05) is 29.8 Å². The number of rotatable bonds is 11. The Labute approximate surface area is 216 Å². The van der Waals surface area contributed by atoms with Crippen LogP contribution in [0.2, 0.25) is 0 Å². The van der Waals surface area contributed by atoms with Gasteiger partial charge in [0.1, 0.15) is 11.5 Å². The van der Waals surface area contributed by atoms with Crippen LogP contribution in [0.25, 0.3) is 0 Å². The minimum Gasteiger partial charge on any atom is -0.457 e. The number of hydrogen-bond acceptors (Lipinski definition) is 6. The van der Waals surface area contributed by atoms with Crippen LogP contribution in [0.4, 0.5) is 11.4 Å². The third-order valence-electron chi connectivity index (χ3n) is 5.58. The summed E-state index contributed by atoms with van der Waals surface area (Å²) in [6, 6.07) is 19.3. The molecule has 8 nitrogen and oxygen atoms in total. The van der Waals surface area contributed by atoms with Crippen LogP contribution in [0.3, 0.4) is 0 Å². The summed E-state index contributed by atoms with van der Waals surface area (Å²) in [6.07, 6.45) is 0.425. The molecule has 0 aliphatic rings. The molecule has 0 aliphatic heterocycles. The Balaban J connectivity index is 1.33. The second-order valence-corrected chi connectivity index (χ2v) is 8.62. The lowest BCUT2D eigenvalue weighted by molar-refractivity contribution is -0.147. The van der Waals surface area contributed by atoms with E-state index in [9.17, 15) is 19.2 Å². The van der Waals surface area contributed by atoms with Gasteiger partial charge in [-0.3, -0.25) is 19.2 Å². The first-order chi connectivity index (χ1) is 17.7. The molecule has 3 aromatic carbocycles. The number of nitrogens with one attached hydrogen (secondary N) is 2. The van der Waals surface area contributed by atoms with E-state index in [1.54, 1.807) is 48.5 Å². The van der Waals surface area contributed by atoms with Crippen LogP contribution in [0.1, 0.15) is 47.7 Å². The molecule has 0 aromatic heterocycles. The van der Waals surface area contributed by atoms with Crippen LogP contribution < -0.4 is 15.4 Å². The van der Waals surface area contributed by atoms with Gasteiger partial charge in [0.25, 0.3) is 5.91 Å². The third kappa shape index (κ3) is 8.92. The Morgan fingerprint density at radius 3 is 1.92 bits per heavy atom. The van der Waals surface area contributed by atoms with E-state index in [-0.39, 0.29) is 31.0 Å². The van der Waals surface area contributed by atoms with Crippen molar-refractivity contribution in [3.63, 3.8) is 0 Å². The summed E-state index contributed by atoms with van der Waals surface area (Å²) in [4.78, 5) is 47.3. The first-order valence-electron chi connectivity index (χ1n) is 11.9. The summed E-state index contributed by atoms with van der Waals surface area (Å²) in [7, 11) is 0. The summed E-state index contributed by atoms with van der Waals surface area (Å²) in [5, 5.41) is 5.37. The van der Waals surface area contributed by atoms with Crippen LogP contribution in [0.5, 0.6) is 11.5 Å². The Hall–Kier alpha value is -4.46. The molecular formula is C29H30N2O6. The maximum atomic E-state index is 12.2. The predicted octanol–water partition coefficient (Wildman–Crippen LogP) is 5.59. The molecule has 0 heterocycles. The minimum atomic E-state index is -0.567. The highest BCUT2D eigenvalue weighted by molar-refractivity contribution is 5.96. The number of ketones is 1. The van der Waals surface area contributed by atoms with Gasteiger partial charge in [0.15, 0.2) is 12.4 Å². The second kappa shape index (κ2) is 13.0. The number of aryl methyl sites for hydroxylation is 2. The van der Waals surface area contributed by atoms with Gasteiger partial charge >= 0.3 is 5.97 Å². The smallest absolute Gasteiger partial charge is 0.306 e. The fourth-order valence-electron chi connectivity index (χ4n) is 3.34. The minimum absolute atomic E-state index is 0.0107. The molecule has 0 saturated heterocycles. The molecule has 0 saturated carbocycles. The molecule has 3 rings (SSSR count). The van der Waals surface area contributed by atoms with Crippen LogP contribution in [0, 0.1) is 13.8 Å². The van der Waals surface area contributed by atoms with Gasteiger partial charge in [0.2, 0.25) is 5.91 Å². The quantitative estimate of drug-likeness (QED) is 0.261. The largest absolute Gasteiger partial charge is 0.457 e. The van der Waals surface area contributed by atoms with Crippen LogP contribution in [-0.2, 0) is 19.1 Å². The van der Waals surface area contributed by atoms with Crippen molar-refractivity contribution < 1.29 is 28.7 Å². The number of carbonyl (C=O) groups is 4. The summed E-state index contributed by atoms with van der Waals surface area (Å²) in [6.45, 7) is 5.09. The van der Waals surface area contributed by atoms with Crippen molar-refractivity contribution >= 4 is 34.9 Å². The van der Waals surface area contributed by atoms with E-state index in [4.69, 9.17) is 9.47 Å². The molecule has 0 atom stereocenters. The van der Waals surface area contributed by atoms with Crippen molar-refractivity contribution in [3.05, 3.63) is 83.4 Å². The SMILES string of the molecule is CC(=O)c1ccc(NC(=O)COC(=O)CCCC(=O)Nc2ccc(Oc3ccc(C)c(C)c3)cc2)cc1. The van der Waals surface area contributed by atoms with Gasteiger partial charge in [-0.05, 0) is 99.0 Å². The average Bonchev–Trinajstić information content (AvgIpc) is 2.86. The molecule has 0 radical (unpaired) electrons. The van der Waals surface area contributed by atoms with E-state index in [1.165, 1.54) is 12.5 Å². The number of carbonyl (C=O) groups excluding carboxylic acids is 4. The van der Waals surface area contributed by atoms with E-state index in [1.807, 2.05) is 32.0 Å². The van der Waals surface area contributed by atoms with Crippen LogP contribution in [0.15, 0.2) is 66.7 Å². The zero-order valence-electron chi connectivity index (χ0n) is 21.1. The lowest BCUT2D eigenvalue weighted by Gasteiger charge is -2.10. The van der Waals surface area contributed by atoms with E-state index < -0.39 is 18.5 Å². The Morgan fingerprint density at radius 1 is 0.703 bits per heavy atom. The van der Waals surface area contributed by atoms with Crippen molar-refractivity contribution in [1.29, 1.82) is 0 Å². The first-order valence-corrected chi connectivity index (χ1v) is 11.9. The fourth-order valence-corrected chi connectivity index (χ4v) is 3.34. The molecule has 192 valence electrons. The number of benzene rings is 3. The van der Waals surface area contributed by atoms with Gasteiger partial charge in [-0.1, -0.05) is 6.07 Å². The number of amides is 2. The summed E-state index contributed by atoms with van der Waals surface area (Å²) >= 11 is 0. The summed E-state index contributed by atoms with van der Waals surface area (Å²) in [5.74, 6) is 0.0299. The van der Waals surface area contributed by atoms with Gasteiger partial charge in [-0.25, -0.2) is 0 Å². The molecule has 2 amide bonds. The van der Waals surface area contributed by atoms with Gasteiger partial charge < -0.3 is 20.1 Å². The molecule has 0 spiro atoms. The number of anilines is 2. The van der Waals surface area contributed by atoms with E-state index in [0.29, 0.717) is 22.7 Å². The zero-order chi connectivity index (χ0) is 26.8. The first kappa shape index (κ1) is 27.1. The van der Waals surface area contributed by atoms with Gasteiger partial charge in [-0.2, -0.15) is 0 Å². The molecule has 0 fully saturated rings. The van der Waals surface area contributed by atoms with Gasteiger partial charge in [-0.15, -0.1) is 0 Å². The molecule has 2 N–H and O–H groups in total.